The lowest BCUT2D eigenvalue weighted by Crippen LogP contribution is -2.53. The van der Waals surface area contributed by atoms with E-state index in [2.05, 4.69) is 63.2 Å². The van der Waals surface area contributed by atoms with Crippen molar-refractivity contribution in [3.05, 3.63) is 0 Å². The highest BCUT2D eigenvalue weighted by Crippen LogP contribution is 2.46. The average Bonchev–Trinajstić information content (AvgIpc) is 2.54. The summed E-state index contributed by atoms with van der Waals surface area (Å²) in [6.45, 7) is 23.8. The Morgan fingerprint density at radius 1 is 0.885 bits per heavy atom. The molecule has 0 spiro atoms. The van der Waals surface area contributed by atoms with Crippen LogP contribution in [-0.2, 0) is 4.79 Å². The number of nitrogens with zero attached hydrogens (tertiary/aromatic N) is 3. The van der Waals surface area contributed by atoms with Crippen molar-refractivity contribution in [3.8, 4) is 0 Å². The number of hydrogen-bond acceptors (Lipinski definition) is 3. The van der Waals surface area contributed by atoms with Crippen LogP contribution in [-0.4, -0.2) is 72.0 Å². The molecular weight excluding hydrogens is 322 g/mol. The number of carbonyl (C=O) groups excluding carboxylic acids is 1. The van der Waals surface area contributed by atoms with Gasteiger partial charge in [-0.1, -0.05) is 27.7 Å². The fourth-order valence-corrected chi connectivity index (χ4v) is 4.25. The van der Waals surface area contributed by atoms with Gasteiger partial charge in [-0.05, 0) is 57.4 Å². The quantitative estimate of drug-likeness (QED) is 0.757. The molecule has 2 heterocycles. The molecule has 0 unspecified atom stereocenters. The SMILES string of the molecule is CC(C)(C)N1CCN(CCCC(=O)N2CCC(C)(C(C)(C)C)CC2)CC1. The molecule has 2 fully saturated rings. The molecule has 0 aromatic rings. The summed E-state index contributed by atoms with van der Waals surface area (Å²) in [4.78, 5) is 19.8. The predicted molar refractivity (Wildman–Crippen MR) is 110 cm³/mol. The third-order valence-corrected chi connectivity index (χ3v) is 7.22. The maximum atomic E-state index is 12.6. The number of piperidine rings is 1. The Bertz CT molecular complexity index is 459. The summed E-state index contributed by atoms with van der Waals surface area (Å²) in [6.07, 6.45) is 3.99. The highest BCUT2D eigenvalue weighted by atomic mass is 16.2. The van der Waals surface area contributed by atoms with Crippen LogP contribution in [0.3, 0.4) is 0 Å². The van der Waals surface area contributed by atoms with E-state index < -0.39 is 0 Å². The van der Waals surface area contributed by atoms with Crippen molar-refractivity contribution in [2.75, 3.05) is 45.8 Å². The highest BCUT2D eigenvalue weighted by Gasteiger charge is 2.40. The number of hydrogen-bond donors (Lipinski definition) is 0. The molecule has 0 saturated carbocycles. The zero-order valence-electron chi connectivity index (χ0n) is 18.5. The van der Waals surface area contributed by atoms with Crippen LogP contribution >= 0.6 is 0 Å². The van der Waals surface area contributed by atoms with E-state index in [0.29, 0.717) is 23.2 Å². The molecular formula is C22H43N3O. The van der Waals surface area contributed by atoms with Crippen molar-refractivity contribution in [2.45, 2.75) is 79.7 Å². The van der Waals surface area contributed by atoms with Gasteiger partial charge in [0.2, 0.25) is 5.91 Å². The summed E-state index contributed by atoms with van der Waals surface area (Å²) < 4.78 is 0. The lowest BCUT2D eigenvalue weighted by molar-refractivity contribution is -0.134. The Morgan fingerprint density at radius 2 is 1.42 bits per heavy atom. The first-order chi connectivity index (χ1) is 11.9. The standard InChI is InChI=1S/C22H43N3O/c1-20(2,3)22(7)10-13-24(14-11-22)19(26)9-8-12-23-15-17-25(18-16-23)21(4,5)6/h8-18H2,1-7H3. The summed E-state index contributed by atoms with van der Waals surface area (Å²) in [5.74, 6) is 0.370. The zero-order valence-corrected chi connectivity index (χ0v) is 18.5. The number of likely N-dealkylation sites (tertiary alicyclic amines) is 1. The van der Waals surface area contributed by atoms with Gasteiger partial charge in [0.05, 0.1) is 0 Å². The highest BCUT2D eigenvalue weighted by molar-refractivity contribution is 5.76. The summed E-state index contributed by atoms with van der Waals surface area (Å²) in [7, 11) is 0. The minimum absolute atomic E-state index is 0.276. The molecule has 0 radical (unpaired) electrons. The average molecular weight is 366 g/mol. The van der Waals surface area contributed by atoms with Crippen molar-refractivity contribution in [1.29, 1.82) is 0 Å². The lowest BCUT2D eigenvalue weighted by Gasteiger charge is -2.48. The molecule has 0 atom stereocenters. The Hall–Kier alpha value is -0.610. The van der Waals surface area contributed by atoms with Crippen LogP contribution in [0.1, 0.15) is 74.1 Å². The molecule has 2 saturated heterocycles. The Balaban J connectivity index is 1.66. The van der Waals surface area contributed by atoms with Gasteiger partial charge in [-0.2, -0.15) is 0 Å². The van der Waals surface area contributed by atoms with Crippen molar-refractivity contribution in [1.82, 2.24) is 14.7 Å². The summed E-state index contributed by atoms with van der Waals surface area (Å²) in [5, 5.41) is 0. The number of amides is 1. The smallest absolute Gasteiger partial charge is 0.222 e. The molecule has 0 aromatic heterocycles. The van der Waals surface area contributed by atoms with Gasteiger partial charge in [0, 0.05) is 51.2 Å². The van der Waals surface area contributed by atoms with Crippen LogP contribution in [0.2, 0.25) is 0 Å². The molecule has 4 heteroatoms. The molecule has 152 valence electrons. The van der Waals surface area contributed by atoms with Gasteiger partial charge in [0.25, 0.3) is 0 Å². The number of carbonyl (C=O) groups is 1. The first-order valence-corrected chi connectivity index (χ1v) is 10.7. The Kier molecular flexibility index (Phi) is 6.82. The molecule has 26 heavy (non-hydrogen) atoms. The Morgan fingerprint density at radius 3 is 1.88 bits per heavy atom. The van der Waals surface area contributed by atoms with Gasteiger partial charge in [-0.3, -0.25) is 9.69 Å². The van der Waals surface area contributed by atoms with Crippen molar-refractivity contribution >= 4 is 5.91 Å². The fraction of sp³-hybridized carbons (Fsp3) is 0.955. The monoisotopic (exact) mass is 365 g/mol. The second kappa shape index (κ2) is 8.18. The molecule has 1 amide bonds. The van der Waals surface area contributed by atoms with Gasteiger partial charge >= 0.3 is 0 Å². The summed E-state index contributed by atoms with van der Waals surface area (Å²) in [5.41, 5.74) is 0.950. The lowest BCUT2D eigenvalue weighted by atomic mass is 9.63. The van der Waals surface area contributed by atoms with E-state index in [4.69, 9.17) is 0 Å². The van der Waals surface area contributed by atoms with E-state index in [1.54, 1.807) is 0 Å². The molecule has 2 aliphatic rings. The van der Waals surface area contributed by atoms with Crippen molar-refractivity contribution in [2.24, 2.45) is 10.8 Å². The summed E-state index contributed by atoms with van der Waals surface area (Å²) in [6, 6.07) is 0. The topological polar surface area (TPSA) is 26.8 Å². The minimum Gasteiger partial charge on any atom is -0.343 e. The predicted octanol–water partition coefficient (Wildman–Crippen LogP) is 3.86. The largest absolute Gasteiger partial charge is 0.343 e. The van der Waals surface area contributed by atoms with Gasteiger partial charge in [-0.15, -0.1) is 0 Å². The van der Waals surface area contributed by atoms with Gasteiger partial charge in [0.15, 0.2) is 0 Å². The van der Waals surface area contributed by atoms with Crippen LogP contribution in [0.25, 0.3) is 0 Å². The molecule has 0 N–H and O–H groups in total. The van der Waals surface area contributed by atoms with E-state index in [1.165, 1.54) is 0 Å². The number of rotatable bonds is 4. The van der Waals surface area contributed by atoms with Crippen LogP contribution in [0.4, 0.5) is 0 Å². The van der Waals surface area contributed by atoms with E-state index in [-0.39, 0.29) is 5.54 Å². The number of piperazine rings is 1. The molecule has 0 aliphatic carbocycles. The Labute approximate surface area is 162 Å². The minimum atomic E-state index is 0.276. The van der Waals surface area contributed by atoms with Crippen LogP contribution in [0.5, 0.6) is 0 Å². The molecule has 4 nitrogen and oxygen atoms in total. The third kappa shape index (κ3) is 5.45. The van der Waals surface area contributed by atoms with Crippen LogP contribution in [0.15, 0.2) is 0 Å². The van der Waals surface area contributed by atoms with Crippen LogP contribution < -0.4 is 0 Å². The van der Waals surface area contributed by atoms with E-state index >= 15 is 0 Å². The molecule has 2 aliphatic heterocycles. The maximum absolute atomic E-state index is 12.6. The summed E-state index contributed by atoms with van der Waals surface area (Å²) >= 11 is 0. The molecule has 0 aromatic carbocycles. The third-order valence-electron chi connectivity index (χ3n) is 7.22. The van der Waals surface area contributed by atoms with E-state index in [1.807, 2.05) is 0 Å². The molecule has 2 rings (SSSR count). The van der Waals surface area contributed by atoms with Gasteiger partial charge < -0.3 is 9.80 Å². The zero-order chi connectivity index (χ0) is 19.6. The van der Waals surface area contributed by atoms with Crippen molar-refractivity contribution in [3.63, 3.8) is 0 Å². The second-order valence-electron chi connectivity index (χ2n) is 10.8. The molecule has 0 bridgehead atoms. The van der Waals surface area contributed by atoms with E-state index in [0.717, 1.165) is 65.1 Å². The van der Waals surface area contributed by atoms with Gasteiger partial charge in [-0.25, -0.2) is 0 Å². The first-order valence-electron chi connectivity index (χ1n) is 10.7. The van der Waals surface area contributed by atoms with E-state index in [9.17, 15) is 4.79 Å². The maximum Gasteiger partial charge on any atom is 0.222 e. The normalized spacial score (nSPS) is 23.3. The fourth-order valence-electron chi connectivity index (χ4n) is 4.25. The van der Waals surface area contributed by atoms with Crippen molar-refractivity contribution < 1.29 is 4.79 Å². The van der Waals surface area contributed by atoms with Crippen LogP contribution in [0, 0.1) is 10.8 Å². The second-order valence-corrected chi connectivity index (χ2v) is 10.8. The van der Waals surface area contributed by atoms with Gasteiger partial charge in [0.1, 0.15) is 0 Å². The first kappa shape index (κ1) is 21.7.